The van der Waals surface area contributed by atoms with E-state index in [1.165, 1.54) is 0 Å². The fourth-order valence-corrected chi connectivity index (χ4v) is 0.316. The van der Waals surface area contributed by atoms with Crippen molar-refractivity contribution in [1.29, 1.82) is 0 Å². The molecule has 0 bridgehead atoms. The molecule has 4 nitrogen and oxygen atoms in total. The van der Waals surface area contributed by atoms with Crippen LogP contribution < -0.4 is 5.73 Å². The Hall–Kier alpha value is -0.320. The minimum atomic E-state index is -1.02. The van der Waals surface area contributed by atoms with Crippen LogP contribution >= 0.6 is 12.4 Å². The van der Waals surface area contributed by atoms with E-state index in [0.29, 0.717) is 6.61 Å². The van der Waals surface area contributed by atoms with Crippen molar-refractivity contribution in [2.24, 2.45) is 5.73 Å². The van der Waals surface area contributed by atoms with Gasteiger partial charge in [0.05, 0.1) is 6.61 Å². The molecule has 0 aliphatic carbocycles. The molecule has 0 spiro atoms. The van der Waals surface area contributed by atoms with Gasteiger partial charge in [0.15, 0.2) is 0 Å². The van der Waals surface area contributed by atoms with E-state index in [1.807, 2.05) is 0 Å². The standard InChI is InChI=1S/C5H11NO3.ClH/c1-2-9-3-4(6)5(7)8;/h4H,2-3,6H2,1H3,(H,7,8);1H. The van der Waals surface area contributed by atoms with Crippen LogP contribution in [-0.4, -0.2) is 30.3 Å². The van der Waals surface area contributed by atoms with Crippen LogP contribution in [0.5, 0.6) is 0 Å². The Balaban J connectivity index is 0. The van der Waals surface area contributed by atoms with Crippen LogP contribution in [0, 0.1) is 0 Å². The second-order valence-corrected chi connectivity index (χ2v) is 1.60. The van der Waals surface area contributed by atoms with Gasteiger partial charge in [0.25, 0.3) is 0 Å². The normalized spacial score (nSPS) is 11.8. The second kappa shape index (κ2) is 6.80. The van der Waals surface area contributed by atoms with Crippen molar-refractivity contribution in [3.8, 4) is 0 Å². The summed E-state index contributed by atoms with van der Waals surface area (Å²) in [6.07, 6.45) is 0. The van der Waals surface area contributed by atoms with Gasteiger partial charge in [0.2, 0.25) is 0 Å². The number of rotatable bonds is 4. The quantitative estimate of drug-likeness (QED) is 0.614. The highest BCUT2D eigenvalue weighted by atomic mass is 35.5. The Bertz CT molecular complexity index is 98.9. The van der Waals surface area contributed by atoms with Crippen molar-refractivity contribution in [3.05, 3.63) is 0 Å². The van der Waals surface area contributed by atoms with Crippen LogP contribution in [0.25, 0.3) is 0 Å². The van der Waals surface area contributed by atoms with Crippen molar-refractivity contribution in [2.75, 3.05) is 13.2 Å². The number of nitrogens with two attached hydrogens (primary N) is 1. The maximum absolute atomic E-state index is 10.0. The molecule has 0 aromatic rings. The minimum Gasteiger partial charge on any atom is -0.480 e. The average molecular weight is 170 g/mol. The molecule has 0 heterocycles. The number of aliphatic carboxylic acids is 1. The van der Waals surface area contributed by atoms with Gasteiger partial charge >= 0.3 is 5.97 Å². The number of hydrogen-bond acceptors (Lipinski definition) is 3. The molecule has 10 heavy (non-hydrogen) atoms. The number of carboxylic acid groups (broad SMARTS) is 1. The third-order valence-electron chi connectivity index (χ3n) is 0.819. The van der Waals surface area contributed by atoms with E-state index < -0.39 is 12.0 Å². The van der Waals surface area contributed by atoms with E-state index in [1.54, 1.807) is 6.92 Å². The molecule has 62 valence electrons. The van der Waals surface area contributed by atoms with Crippen molar-refractivity contribution in [2.45, 2.75) is 13.0 Å². The lowest BCUT2D eigenvalue weighted by Crippen LogP contribution is -2.34. The van der Waals surface area contributed by atoms with Crippen LogP contribution in [0.4, 0.5) is 0 Å². The zero-order valence-electron chi connectivity index (χ0n) is 5.74. The molecule has 0 saturated heterocycles. The van der Waals surface area contributed by atoms with Gasteiger partial charge in [0.1, 0.15) is 6.04 Å². The SMILES string of the molecule is CCOCC(N)C(=O)O.Cl. The highest BCUT2D eigenvalue weighted by Crippen LogP contribution is 1.80. The van der Waals surface area contributed by atoms with Gasteiger partial charge < -0.3 is 15.6 Å². The molecule has 1 unspecified atom stereocenters. The Morgan fingerprint density at radius 3 is 2.60 bits per heavy atom. The summed E-state index contributed by atoms with van der Waals surface area (Å²) in [5.74, 6) is -1.02. The number of carboxylic acids is 1. The third-order valence-corrected chi connectivity index (χ3v) is 0.819. The average Bonchev–Trinajstić information content (AvgIpc) is 1.82. The molecule has 0 saturated carbocycles. The van der Waals surface area contributed by atoms with Crippen molar-refractivity contribution >= 4 is 18.4 Å². The Morgan fingerprint density at radius 2 is 2.30 bits per heavy atom. The van der Waals surface area contributed by atoms with E-state index in [2.05, 4.69) is 0 Å². The van der Waals surface area contributed by atoms with Crippen molar-refractivity contribution in [1.82, 2.24) is 0 Å². The molecule has 0 aromatic heterocycles. The molecule has 5 heteroatoms. The predicted molar refractivity (Wildman–Crippen MR) is 39.4 cm³/mol. The van der Waals surface area contributed by atoms with Crippen LogP contribution in [0.3, 0.4) is 0 Å². The van der Waals surface area contributed by atoms with Gasteiger partial charge in [-0.15, -0.1) is 12.4 Å². The summed E-state index contributed by atoms with van der Waals surface area (Å²) >= 11 is 0. The number of halogens is 1. The van der Waals surface area contributed by atoms with Crippen LogP contribution in [-0.2, 0) is 9.53 Å². The maximum Gasteiger partial charge on any atom is 0.322 e. The second-order valence-electron chi connectivity index (χ2n) is 1.60. The Morgan fingerprint density at radius 1 is 1.80 bits per heavy atom. The molecular weight excluding hydrogens is 158 g/mol. The molecule has 0 radical (unpaired) electrons. The summed E-state index contributed by atoms with van der Waals surface area (Å²) in [7, 11) is 0. The molecule has 0 amide bonds. The molecule has 0 fully saturated rings. The summed E-state index contributed by atoms with van der Waals surface area (Å²) in [5.41, 5.74) is 5.08. The van der Waals surface area contributed by atoms with Crippen LogP contribution in [0.2, 0.25) is 0 Å². The predicted octanol–water partition coefficient (Wildman–Crippen LogP) is -0.143. The lowest BCUT2D eigenvalue weighted by molar-refractivity contribution is -0.139. The smallest absolute Gasteiger partial charge is 0.322 e. The monoisotopic (exact) mass is 169 g/mol. The van der Waals surface area contributed by atoms with E-state index in [4.69, 9.17) is 15.6 Å². The first-order chi connectivity index (χ1) is 4.18. The van der Waals surface area contributed by atoms with Crippen LogP contribution in [0.15, 0.2) is 0 Å². The molecular formula is C5H12ClNO3. The molecule has 1 atom stereocenters. The first-order valence-electron chi connectivity index (χ1n) is 2.74. The summed E-state index contributed by atoms with van der Waals surface area (Å²) in [4.78, 5) is 10.0. The largest absolute Gasteiger partial charge is 0.480 e. The van der Waals surface area contributed by atoms with Gasteiger partial charge in [-0.1, -0.05) is 0 Å². The lowest BCUT2D eigenvalue weighted by atomic mass is 10.3. The Kier molecular flexibility index (Phi) is 8.40. The molecule has 0 aliphatic heterocycles. The molecule has 0 aliphatic rings. The lowest BCUT2D eigenvalue weighted by Gasteiger charge is -2.03. The van der Waals surface area contributed by atoms with Gasteiger partial charge in [-0.05, 0) is 6.92 Å². The van der Waals surface area contributed by atoms with E-state index in [0.717, 1.165) is 0 Å². The Labute approximate surface area is 65.8 Å². The fraction of sp³-hybridized carbons (Fsp3) is 0.800. The molecule has 3 N–H and O–H groups in total. The summed E-state index contributed by atoms with van der Waals surface area (Å²) < 4.78 is 4.75. The minimum absolute atomic E-state index is 0. The summed E-state index contributed by atoms with van der Waals surface area (Å²) in [6, 6.07) is -0.884. The number of hydrogen-bond donors (Lipinski definition) is 2. The van der Waals surface area contributed by atoms with Gasteiger partial charge in [-0.3, -0.25) is 4.79 Å². The van der Waals surface area contributed by atoms with Crippen molar-refractivity contribution in [3.63, 3.8) is 0 Å². The number of carbonyl (C=O) groups is 1. The maximum atomic E-state index is 10.0. The first kappa shape index (κ1) is 12.4. The zero-order chi connectivity index (χ0) is 7.28. The van der Waals surface area contributed by atoms with E-state index >= 15 is 0 Å². The third kappa shape index (κ3) is 5.81. The van der Waals surface area contributed by atoms with E-state index in [-0.39, 0.29) is 19.0 Å². The van der Waals surface area contributed by atoms with E-state index in [9.17, 15) is 4.79 Å². The summed E-state index contributed by atoms with van der Waals surface area (Å²) in [6.45, 7) is 2.38. The molecule has 0 aromatic carbocycles. The fourth-order valence-electron chi connectivity index (χ4n) is 0.316. The zero-order valence-corrected chi connectivity index (χ0v) is 6.56. The van der Waals surface area contributed by atoms with Gasteiger partial charge in [-0.2, -0.15) is 0 Å². The number of ether oxygens (including phenoxy) is 1. The van der Waals surface area contributed by atoms with Crippen LogP contribution in [0.1, 0.15) is 6.92 Å². The van der Waals surface area contributed by atoms with Gasteiger partial charge in [-0.25, -0.2) is 0 Å². The van der Waals surface area contributed by atoms with Gasteiger partial charge in [0, 0.05) is 6.61 Å². The van der Waals surface area contributed by atoms with Crippen molar-refractivity contribution < 1.29 is 14.6 Å². The molecule has 0 rings (SSSR count). The topological polar surface area (TPSA) is 72.5 Å². The summed E-state index contributed by atoms with van der Waals surface area (Å²) in [5, 5.41) is 8.20. The highest BCUT2D eigenvalue weighted by Gasteiger charge is 2.09. The first-order valence-corrected chi connectivity index (χ1v) is 2.74. The highest BCUT2D eigenvalue weighted by molar-refractivity contribution is 5.85.